The van der Waals surface area contributed by atoms with E-state index in [1.165, 1.54) is 12.1 Å². The van der Waals surface area contributed by atoms with Gasteiger partial charge in [-0.25, -0.2) is 0 Å². The molecule has 1 aromatic rings. The summed E-state index contributed by atoms with van der Waals surface area (Å²) in [6.07, 6.45) is -4.55. The summed E-state index contributed by atoms with van der Waals surface area (Å²) in [4.78, 5) is 22.3. The average molecular weight is 243 g/mol. The van der Waals surface area contributed by atoms with Gasteiger partial charge in [-0.15, -0.1) is 0 Å². The molecule has 1 unspecified atom stereocenters. The number of rotatable bonds is 1. The van der Waals surface area contributed by atoms with E-state index in [1.54, 1.807) is 0 Å². The topological polar surface area (TPSA) is 46.2 Å². The third kappa shape index (κ3) is 2.30. The molecule has 1 saturated heterocycles. The van der Waals surface area contributed by atoms with Crippen LogP contribution in [0.15, 0.2) is 24.3 Å². The fourth-order valence-corrected chi connectivity index (χ4v) is 1.75. The Kier molecular flexibility index (Phi) is 2.65. The molecular formula is C11H8F3NO2. The van der Waals surface area contributed by atoms with Gasteiger partial charge < -0.3 is 0 Å². The van der Waals surface area contributed by atoms with Gasteiger partial charge in [0.25, 0.3) is 0 Å². The summed E-state index contributed by atoms with van der Waals surface area (Å²) in [6, 6.07) is 4.48. The Morgan fingerprint density at radius 3 is 2.47 bits per heavy atom. The number of benzene rings is 1. The Morgan fingerprint density at radius 2 is 1.94 bits per heavy atom. The maximum absolute atomic E-state index is 12.5. The monoisotopic (exact) mass is 243 g/mol. The minimum absolute atomic E-state index is 0.0971. The Morgan fingerprint density at radius 1 is 1.24 bits per heavy atom. The standard InChI is InChI=1S/C11H8F3NO2/c12-11(13,14)7-3-1-2-6(4-7)8-5-9(16)15-10(8)17/h1-4,8H,5H2,(H,15,16,17). The second kappa shape index (κ2) is 3.87. The molecule has 1 aromatic carbocycles. The fraction of sp³-hybridized carbons (Fsp3) is 0.273. The van der Waals surface area contributed by atoms with Gasteiger partial charge >= 0.3 is 6.18 Å². The van der Waals surface area contributed by atoms with Crippen molar-refractivity contribution in [3.8, 4) is 0 Å². The fourth-order valence-electron chi connectivity index (χ4n) is 1.75. The van der Waals surface area contributed by atoms with Gasteiger partial charge in [-0.05, 0) is 11.6 Å². The maximum atomic E-state index is 12.5. The largest absolute Gasteiger partial charge is 0.416 e. The van der Waals surface area contributed by atoms with Gasteiger partial charge in [0.2, 0.25) is 11.8 Å². The predicted molar refractivity (Wildman–Crippen MR) is 52.0 cm³/mol. The minimum Gasteiger partial charge on any atom is -0.296 e. The first-order valence-electron chi connectivity index (χ1n) is 4.89. The van der Waals surface area contributed by atoms with Crippen LogP contribution in [-0.4, -0.2) is 11.8 Å². The molecule has 1 aliphatic rings. The van der Waals surface area contributed by atoms with Crippen LogP contribution >= 0.6 is 0 Å². The molecule has 1 heterocycles. The second-order valence-electron chi connectivity index (χ2n) is 3.79. The van der Waals surface area contributed by atoms with Gasteiger partial charge in [0.05, 0.1) is 11.5 Å². The summed E-state index contributed by atoms with van der Waals surface area (Å²) in [7, 11) is 0. The van der Waals surface area contributed by atoms with E-state index in [1.807, 2.05) is 0 Å². The van der Waals surface area contributed by atoms with Crippen molar-refractivity contribution in [2.75, 3.05) is 0 Å². The lowest BCUT2D eigenvalue weighted by atomic mass is 9.96. The molecule has 6 heteroatoms. The first-order valence-corrected chi connectivity index (χ1v) is 4.89. The van der Waals surface area contributed by atoms with Crippen molar-refractivity contribution in [3.05, 3.63) is 35.4 Å². The molecule has 1 atom stereocenters. The third-order valence-electron chi connectivity index (χ3n) is 2.58. The molecule has 1 aliphatic heterocycles. The van der Waals surface area contributed by atoms with Crippen LogP contribution in [0.5, 0.6) is 0 Å². The van der Waals surface area contributed by atoms with E-state index in [-0.39, 0.29) is 12.0 Å². The molecule has 3 nitrogen and oxygen atoms in total. The summed E-state index contributed by atoms with van der Waals surface area (Å²) in [5.74, 6) is -1.82. The van der Waals surface area contributed by atoms with Crippen molar-refractivity contribution in [1.29, 1.82) is 0 Å². The molecule has 1 fully saturated rings. The number of nitrogens with one attached hydrogen (secondary N) is 1. The number of hydrogen-bond acceptors (Lipinski definition) is 2. The molecule has 17 heavy (non-hydrogen) atoms. The molecule has 0 radical (unpaired) electrons. The number of imide groups is 1. The van der Waals surface area contributed by atoms with Crippen LogP contribution in [0.25, 0.3) is 0 Å². The highest BCUT2D eigenvalue weighted by molar-refractivity contribution is 6.06. The number of hydrogen-bond donors (Lipinski definition) is 1. The summed E-state index contributed by atoms with van der Waals surface area (Å²) in [5.41, 5.74) is -0.606. The van der Waals surface area contributed by atoms with Gasteiger partial charge in [-0.2, -0.15) is 13.2 Å². The highest BCUT2D eigenvalue weighted by Gasteiger charge is 2.35. The van der Waals surface area contributed by atoms with E-state index in [2.05, 4.69) is 5.32 Å². The van der Waals surface area contributed by atoms with E-state index < -0.39 is 29.5 Å². The van der Waals surface area contributed by atoms with E-state index in [0.717, 1.165) is 12.1 Å². The Hall–Kier alpha value is -1.85. The molecule has 0 bridgehead atoms. The van der Waals surface area contributed by atoms with Gasteiger partial charge in [0, 0.05) is 6.42 Å². The summed E-state index contributed by atoms with van der Waals surface area (Å²) < 4.78 is 37.4. The quantitative estimate of drug-likeness (QED) is 0.765. The van der Waals surface area contributed by atoms with Crippen LogP contribution in [0.3, 0.4) is 0 Å². The van der Waals surface area contributed by atoms with Crippen molar-refractivity contribution >= 4 is 11.8 Å². The highest BCUT2D eigenvalue weighted by atomic mass is 19.4. The zero-order valence-electron chi connectivity index (χ0n) is 8.54. The lowest BCUT2D eigenvalue weighted by molar-refractivity contribution is -0.137. The Bertz CT molecular complexity index is 482. The molecule has 1 N–H and O–H groups in total. The van der Waals surface area contributed by atoms with Crippen molar-refractivity contribution in [2.24, 2.45) is 0 Å². The van der Waals surface area contributed by atoms with Gasteiger partial charge in [-0.1, -0.05) is 18.2 Å². The number of carbonyl (C=O) groups is 2. The molecule has 2 rings (SSSR count). The molecular weight excluding hydrogens is 235 g/mol. The lowest BCUT2D eigenvalue weighted by Crippen LogP contribution is -2.21. The van der Waals surface area contributed by atoms with Crippen molar-refractivity contribution < 1.29 is 22.8 Å². The number of carbonyl (C=O) groups excluding carboxylic acids is 2. The number of halogens is 3. The van der Waals surface area contributed by atoms with E-state index in [0.29, 0.717) is 0 Å². The zero-order valence-corrected chi connectivity index (χ0v) is 8.54. The number of amides is 2. The molecule has 0 saturated carbocycles. The second-order valence-corrected chi connectivity index (χ2v) is 3.79. The first-order chi connectivity index (χ1) is 7.88. The lowest BCUT2D eigenvalue weighted by Gasteiger charge is -2.10. The van der Waals surface area contributed by atoms with Crippen LogP contribution in [0.4, 0.5) is 13.2 Å². The van der Waals surface area contributed by atoms with Gasteiger partial charge in [-0.3, -0.25) is 14.9 Å². The van der Waals surface area contributed by atoms with Gasteiger partial charge in [0.15, 0.2) is 0 Å². The van der Waals surface area contributed by atoms with Gasteiger partial charge in [0.1, 0.15) is 0 Å². The minimum atomic E-state index is -4.45. The molecule has 90 valence electrons. The van der Waals surface area contributed by atoms with Crippen LogP contribution in [0.2, 0.25) is 0 Å². The molecule has 0 aliphatic carbocycles. The SMILES string of the molecule is O=C1CC(c2cccc(C(F)(F)F)c2)C(=O)N1. The Balaban J connectivity index is 2.34. The zero-order chi connectivity index (χ0) is 12.6. The van der Waals surface area contributed by atoms with Crippen LogP contribution < -0.4 is 5.32 Å². The maximum Gasteiger partial charge on any atom is 0.416 e. The highest BCUT2D eigenvalue weighted by Crippen LogP contribution is 2.32. The van der Waals surface area contributed by atoms with Crippen LogP contribution in [0.1, 0.15) is 23.5 Å². The van der Waals surface area contributed by atoms with E-state index >= 15 is 0 Å². The average Bonchev–Trinajstić information content (AvgIpc) is 2.57. The summed E-state index contributed by atoms with van der Waals surface area (Å²) in [6.45, 7) is 0. The Labute approximate surface area is 94.6 Å². The molecule has 2 amide bonds. The predicted octanol–water partition coefficient (Wildman–Crippen LogP) is 1.84. The van der Waals surface area contributed by atoms with Crippen LogP contribution in [0, 0.1) is 0 Å². The van der Waals surface area contributed by atoms with Crippen molar-refractivity contribution in [1.82, 2.24) is 5.32 Å². The number of alkyl halides is 3. The van der Waals surface area contributed by atoms with Crippen LogP contribution in [-0.2, 0) is 15.8 Å². The summed E-state index contributed by atoms with van der Waals surface area (Å²) >= 11 is 0. The molecule has 0 spiro atoms. The molecule has 0 aromatic heterocycles. The van der Waals surface area contributed by atoms with Crippen molar-refractivity contribution in [2.45, 2.75) is 18.5 Å². The van der Waals surface area contributed by atoms with Crippen molar-refractivity contribution in [3.63, 3.8) is 0 Å². The van der Waals surface area contributed by atoms with E-state index in [9.17, 15) is 22.8 Å². The first kappa shape index (κ1) is 11.6. The summed E-state index contributed by atoms with van der Waals surface area (Å²) in [5, 5.41) is 2.06. The smallest absolute Gasteiger partial charge is 0.296 e. The third-order valence-corrected chi connectivity index (χ3v) is 2.58. The van der Waals surface area contributed by atoms with E-state index in [4.69, 9.17) is 0 Å². The normalized spacial score (nSPS) is 20.5.